The standard InChI is InChI=1S/C10H19N5O2S/c1-4-11-10-13-6-5-9(14-10)12-7-8-18(16,17)15(2)3/h5-6H,4,7-8H2,1-3H3,(H2,11,12,13,14). The molecule has 0 spiro atoms. The van der Waals surface area contributed by atoms with Gasteiger partial charge in [0, 0.05) is 33.4 Å². The third kappa shape index (κ3) is 4.46. The van der Waals surface area contributed by atoms with Crippen molar-refractivity contribution in [2.45, 2.75) is 6.92 Å². The van der Waals surface area contributed by atoms with Gasteiger partial charge >= 0.3 is 0 Å². The predicted molar refractivity (Wildman–Crippen MR) is 72.2 cm³/mol. The molecule has 2 N–H and O–H groups in total. The van der Waals surface area contributed by atoms with Crippen LogP contribution in [0.15, 0.2) is 12.3 Å². The summed E-state index contributed by atoms with van der Waals surface area (Å²) in [5, 5.41) is 5.94. The number of sulfonamides is 1. The summed E-state index contributed by atoms with van der Waals surface area (Å²) in [5.41, 5.74) is 0. The third-order valence-corrected chi connectivity index (χ3v) is 4.05. The molecule has 0 unspecified atom stereocenters. The van der Waals surface area contributed by atoms with E-state index >= 15 is 0 Å². The van der Waals surface area contributed by atoms with E-state index in [9.17, 15) is 8.42 Å². The van der Waals surface area contributed by atoms with Crippen molar-refractivity contribution in [2.24, 2.45) is 0 Å². The monoisotopic (exact) mass is 273 g/mol. The molecule has 0 aliphatic rings. The molecule has 0 saturated carbocycles. The fraction of sp³-hybridized carbons (Fsp3) is 0.600. The van der Waals surface area contributed by atoms with Crippen LogP contribution in [-0.4, -0.2) is 55.6 Å². The van der Waals surface area contributed by atoms with Gasteiger partial charge in [-0.25, -0.2) is 17.7 Å². The molecule has 0 bridgehead atoms. The second kappa shape index (κ2) is 6.50. The van der Waals surface area contributed by atoms with Gasteiger partial charge in [-0.1, -0.05) is 0 Å². The van der Waals surface area contributed by atoms with Crippen LogP contribution in [0.5, 0.6) is 0 Å². The smallest absolute Gasteiger partial charge is 0.224 e. The van der Waals surface area contributed by atoms with Crippen molar-refractivity contribution in [1.82, 2.24) is 14.3 Å². The number of anilines is 2. The SMILES string of the molecule is CCNc1nccc(NCCS(=O)(=O)N(C)C)n1. The highest BCUT2D eigenvalue weighted by Gasteiger charge is 2.12. The molecule has 0 aliphatic carbocycles. The molecule has 0 atom stereocenters. The fourth-order valence-electron chi connectivity index (χ4n) is 1.19. The van der Waals surface area contributed by atoms with Crippen LogP contribution in [0.3, 0.4) is 0 Å². The summed E-state index contributed by atoms with van der Waals surface area (Å²) in [5.74, 6) is 1.16. The van der Waals surface area contributed by atoms with Crippen molar-refractivity contribution >= 4 is 21.8 Å². The number of rotatable bonds is 7. The van der Waals surface area contributed by atoms with Crippen LogP contribution in [0.2, 0.25) is 0 Å². The van der Waals surface area contributed by atoms with Crippen LogP contribution in [0.4, 0.5) is 11.8 Å². The lowest BCUT2D eigenvalue weighted by molar-refractivity contribution is 0.521. The topological polar surface area (TPSA) is 87.2 Å². The zero-order valence-corrected chi connectivity index (χ0v) is 11.7. The first-order valence-corrected chi connectivity index (χ1v) is 7.27. The summed E-state index contributed by atoms with van der Waals surface area (Å²) in [6.07, 6.45) is 1.62. The van der Waals surface area contributed by atoms with E-state index in [-0.39, 0.29) is 5.75 Å². The van der Waals surface area contributed by atoms with E-state index in [0.29, 0.717) is 18.3 Å². The first kappa shape index (κ1) is 14.7. The lowest BCUT2D eigenvalue weighted by Gasteiger charge is -2.12. The maximum atomic E-state index is 11.5. The molecule has 0 aliphatic heterocycles. The van der Waals surface area contributed by atoms with Crippen molar-refractivity contribution in [3.63, 3.8) is 0 Å². The highest BCUT2D eigenvalue weighted by Crippen LogP contribution is 2.05. The van der Waals surface area contributed by atoms with Crippen LogP contribution in [0.25, 0.3) is 0 Å². The Bertz CT molecular complexity index is 475. The van der Waals surface area contributed by atoms with Gasteiger partial charge in [-0.2, -0.15) is 4.98 Å². The van der Waals surface area contributed by atoms with Gasteiger partial charge in [-0.15, -0.1) is 0 Å². The average Bonchev–Trinajstić information content (AvgIpc) is 2.29. The molecular weight excluding hydrogens is 254 g/mol. The fourth-order valence-corrected chi connectivity index (χ4v) is 1.92. The van der Waals surface area contributed by atoms with Gasteiger partial charge in [0.05, 0.1) is 5.75 Å². The van der Waals surface area contributed by atoms with E-state index in [1.165, 1.54) is 18.4 Å². The van der Waals surface area contributed by atoms with Gasteiger partial charge in [-0.3, -0.25) is 0 Å². The molecule has 0 radical (unpaired) electrons. The average molecular weight is 273 g/mol. The molecule has 0 amide bonds. The number of nitrogens with one attached hydrogen (secondary N) is 2. The number of hydrogen-bond acceptors (Lipinski definition) is 6. The Morgan fingerprint density at radius 2 is 2.06 bits per heavy atom. The van der Waals surface area contributed by atoms with Crippen molar-refractivity contribution in [3.05, 3.63) is 12.3 Å². The lowest BCUT2D eigenvalue weighted by Crippen LogP contribution is -2.28. The number of hydrogen-bond donors (Lipinski definition) is 2. The maximum absolute atomic E-state index is 11.5. The summed E-state index contributed by atoms with van der Waals surface area (Å²) in [6.45, 7) is 2.99. The van der Waals surface area contributed by atoms with Gasteiger partial charge < -0.3 is 10.6 Å². The molecular formula is C10H19N5O2S. The van der Waals surface area contributed by atoms with E-state index in [4.69, 9.17) is 0 Å². The van der Waals surface area contributed by atoms with Gasteiger partial charge in [-0.05, 0) is 13.0 Å². The Hall–Kier alpha value is -1.41. The molecule has 0 aromatic carbocycles. The van der Waals surface area contributed by atoms with Gasteiger partial charge in [0.25, 0.3) is 0 Å². The minimum absolute atomic E-state index is 0.0283. The molecule has 1 aromatic rings. The largest absolute Gasteiger partial charge is 0.369 e. The second-order valence-electron chi connectivity index (χ2n) is 3.82. The summed E-state index contributed by atoms with van der Waals surface area (Å²) >= 11 is 0. The Kier molecular flexibility index (Phi) is 5.29. The minimum atomic E-state index is -3.18. The minimum Gasteiger partial charge on any atom is -0.369 e. The summed E-state index contributed by atoms with van der Waals surface area (Å²) in [7, 11) is -0.143. The summed E-state index contributed by atoms with van der Waals surface area (Å²) < 4.78 is 24.3. The molecule has 1 heterocycles. The molecule has 7 nitrogen and oxygen atoms in total. The molecule has 102 valence electrons. The van der Waals surface area contributed by atoms with Gasteiger partial charge in [0.15, 0.2) is 0 Å². The third-order valence-electron chi connectivity index (χ3n) is 2.21. The summed E-state index contributed by atoms with van der Waals surface area (Å²) in [4.78, 5) is 8.21. The van der Waals surface area contributed by atoms with Gasteiger partial charge in [0.2, 0.25) is 16.0 Å². The first-order valence-electron chi connectivity index (χ1n) is 5.66. The van der Waals surface area contributed by atoms with Crippen molar-refractivity contribution in [1.29, 1.82) is 0 Å². The first-order chi connectivity index (χ1) is 8.45. The van der Waals surface area contributed by atoms with Crippen LogP contribution in [0.1, 0.15) is 6.92 Å². The number of aromatic nitrogens is 2. The predicted octanol–water partition coefficient (Wildman–Crippen LogP) is 0.212. The lowest BCUT2D eigenvalue weighted by atomic mass is 10.5. The van der Waals surface area contributed by atoms with Crippen molar-refractivity contribution in [2.75, 3.05) is 43.6 Å². The van der Waals surface area contributed by atoms with Crippen molar-refractivity contribution < 1.29 is 8.42 Å². The Balaban J connectivity index is 2.51. The van der Waals surface area contributed by atoms with E-state index in [1.54, 1.807) is 12.3 Å². The quantitative estimate of drug-likeness (QED) is 0.738. The van der Waals surface area contributed by atoms with Crippen LogP contribution >= 0.6 is 0 Å². The molecule has 1 rings (SSSR count). The van der Waals surface area contributed by atoms with E-state index in [2.05, 4.69) is 20.6 Å². The highest BCUT2D eigenvalue weighted by molar-refractivity contribution is 7.89. The van der Waals surface area contributed by atoms with Crippen LogP contribution in [0, 0.1) is 0 Å². The van der Waals surface area contributed by atoms with E-state index in [0.717, 1.165) is 6.54 Å². The Morgan fingerprint density at radius 3 is 2.67 bits per heavy atom. The maximum Gasteiger partial charge on any atom is 0.224 e. The Morgan fingerprint density at radius 1 is 1.33 bits per heavy atom. The molecule has 8 heteroatoms. The number of nitrogens with zero attached hydrogens (tertiary/aromatic N) is 3. The second-order valence-corrected chi connectivity index (χ2v) is 6.12. The molecule has 0 fully saturated rings. The van der Waals surface area contributed by atoms with Crippen LogP contribution < -0.4 is 10.6 Å². The zero-order chi connectivity index (χ0) is 13.6. The van der Waals surface area contributed by atoms with E-state index in [1.807, 2.05) is 6.92 Å². The Labute approximate surface area is 108 Å². The molecule has 18 heavy (non-hydrogen) atoms. The molecule has 0 saturated heterocycles. The van der Waals surface area contributed by atoms with E-state index < -0.39 is 10.0 Å². The molecule has 1 aromatic heterocycles. The zero-order valence-electron chi connectivity index (χ0n) is 10.8. The summed E-state index contributed by atoms with van der Waals surface area (Å²) in [6, 6.07) is 1.70. The highest BCUT2D eigenvalue weighted by atomic mass is 32.2. The van der Waals surface area contributed by atoms with Gasteiger partial charge in [0.1, 0.15) is 5.82 Å². The van der Waals surface area contributed by atoms with Crippen LogP contribution in [-0.2, 0) is 10.0 Å². The normalized spacial score (nSPS) is 11.6. The van der Waals surface area contributed by atoms with Crippen molar-refractivity contribution in [3.8, 4) is 0 Å².